The van der Waals surface area contributed by atoms with Gasteiger partial charge in [0.2, 0.25) is 6.79 Å². The van der Waals surface area contributed by atoms with Crippen molar-refractivity contribution in [1.82, 2.24) is 4.90 Å². The van der Waals surface area contributed by atoms with E-state index in [0.29, 0.717) is 28.4 Å². The fraction of sp³-hybridized carbons (Fsp3) is 0.167. The van der Waals surface area contributed by atoms with Gasteiger partial charge in [-0.2, -0.15) is 0 Å². The number of imide groups is 1. The first-order chi connectivity index (χ1) is 12.1. The lowest BCUT2D eigenvalue weighted by molar-refractivity contribution is -0.134. The monoisotopic (exact) mass is 339 g/mol. The van der Waals surface area contributed by atoms with E-state index in [9.17, 15) is 14.4 Å². The van der Waals surface area contributed by atoms with Gasteiger partial charge >= 0.3 is 5.97 Å². The van der Waals surface area contributed by atoms with Gasteiger partial charge in [0.25, 0.3) is 11.8 Å². The van der Waals surface area contributed by atoms with Gasteiger partial charge in [-0.15, -0.1) is 0 Å². The van der Waals surface area contributed by atoms with Gasteiger partial charge in [-0.25, -0.2) is 0 Å². The van der Waals surface area contributed by atoms with E-state index >= 15 is 0 Å². The Balaban J connectivity index is 1.38. The van der Waals surface area contributed by atoms with E-state index in [1.807, 2.05) is 0 Å². The van der Waals surface area contributed by atoms with E-state index in [1.54, 1.807) is 42.5 Å². The number of carbonyl (C=O) groups excluding carboxylic acids is 3. The molecule has 0 bridgehead atoms. The van der Waals surface area contributed by atoms with Crippen molar-refractivity contribution >= 4 is 17.8 Å². The molecule has 4 rings (SSSR count). The molecule has 7 heteroatoms. The van der Waals surface area contributed by atoms with Crippen LogP contribution < -0.4 is 14.2 Å². The van der Waals surface area contributed by atoms with Crippen molar-refractivity contribution in [2.45, 2.75) is 6.42 Å². The molecule has 0 atom stereocenters. The fourth-order valence-electron chi connectivity index (χ4n) is 2.77. The number of benzene rings is 2. The van der Waals surface area contributed by atoms with Gasteiger partial charge in [0.15, 0.2) is 11.5 Å². The average molecular weight is 339 g/mol. The highest BCUT2D eigenvalue weighted by molar-refractivity contribution is 6.21. The van der Waals surface area contributed by atoms with Crippen molar-refractivity contribution in [2.75, 3.05) is 13.3 Å². The van der Waals surface area contributed by atoms with Gasteiger partial charge in [-0.3, -0.25) is 19.3 Å². The Hall–Kier alpha value is -3.35. The van der Waals surface area contributed by atoms with E-state index in [0.717, 1.165) is 4.90 Å². The molecule has 0 N–H and O–H groups in total. The maximum atomic E-state index is 12.2. The molecule has 126 valence electrons. The van der Waals surface area contributed by atoms with Crippen LogP contribution in [0.3, 0.4) is 0 Å². The van der Waals surface area contributed by atoms with Gasteiger partial charge in [0.1, 0.15) is 5.75 Å². The van der Waals surface area contributed by atoms with Gasteiger partial charge in [0.05, 0.1) is 17.5 Å². The highest BCUT2D eigenvalue weighted by Gasteiger charge is 2.35. The van der Waals surface area contributed by atoms with E-state index in [4.69, 9.17) is 14.2 Å². The molecule has 0 aliphatic carbocycles. The number of ether oxygens (including phenoxy) is 3. The zero-order chi connectivity index (χ0) is 17.4. The number of fused-ring (bicyclic) bond motifs is 2. The van der Waals surface area contributed by atoms with Crippen molar-refractivity contribution in [3.05, 3.63) is 53.6 Å². The Labute approximate surface area is 142 Å². The van der Waals surface area contributed by atoms with Crippen LogP contribution >= 0.6 is 0 Å². The van der Waals surface area contributed by atoms with E-state index < -0.39 is 17.8 Å². The fourth-order valence-corrected chi connectivity index (χ4v) is 2.77. The first-order valence-corrected chi connectivity index (χ1v) is 7.69. The van der Waals surface area contributed by atoms with Crippen molar-refractivity contribution in [3.63, 3.8) is 0 Å². The summed E-state index contributed by atoms with van der Waals surface area (Å²) in [6.07, 6.45) is -0.0973. The summed E-state index contributed by atoms with van der Waals surface area (Å²) in [6.45, 7) is 0.0994. The van der Waals surface area contributed by atoms with Gasteiger partial charge in [0, 0.05) is 12.6 Å². The molecule has 2 aliphatic rings. The van der Waals surface area contributed by atoms with Gasteiger partial charge < -0.3 is 14.2 Å². The summed E-state index contributed by atoms with van der Waals surface area (Å²) in [5.74, 6) is 0.0801. The number of esters is 1. The van der Waals surface area contributed by atoms with Crippen LogP contribution in [0.25, 0.3) is 0 Å². The summed E-state index contributed by atoms with van der Waals surface area (Å²) in [5.41, 5.74) is 0.716. The quantitative estimate of drug-likeness (QED) is 0.481. The second-order valence-electron chi connectivity index (χ2n) is 5.55. The second-order valence-corrected chi connectivity index (χ2v) is 5.55. The van der Waals surface area contributed by atoms with Crippen LogP contribution in [0, 0.1) is 0 Å². The Morgan fingerprint density at radius 2 is 1.68 bits per heavy atom. The standard InChI is InChI=1S/C18H13NO6/c20-16(25-11-5-6-14-15(9-11)24-10-23-14)7-8-19-17(21)12-3-1-2-4-13(12)18(19)22/h1-6,9H,7-8,10H2. The third-order valence-corrected chi connectivity index (χ3v) is 3.99. The minimum absolute atomic E-state index is 0.0320. The molecular weight excluding hydrogens is 326 g/mol. The highest BCUT2D eigenvalue weighted by Crippen LogP contribution is 2.35. The van der Waals surface area contributed by atoms with Gasteiger partial charge in [-0.05, 0) is 24.3 Å². The first-order valence-electron chi connectivity index (χ1n) is 7.69. The molecule has 0 saturated heterocycles. The molecule has 2 heterocycles. The van der Waals surface area contributed by atoms with Crippen LogP contribution in [-0.2, 0) is 4.79 Å². The predicted molar refractivity (Wildman–Crippen MR) is 84.6 cm³/mol. The molecule has 7 nitrogen and oxygen atoms in total. The van der Waals surface area contributed by atoms with Crippen molar-refractivity contribution in [3.8, 4) is 17.2 Å². The number of carbonyl (C=O) groups is 3. The molecule has 2 amide bonds. The summed E-state index contributed by atoms with van der Waals surface area (Å²) in [5, 5.41) is 0. The van der Waals surface area contributed by atoms with Crippen LogP contribution in [0.4, 0.5) is 0 Å². The molecule has 2 aromatic rings. The number of hydrogen-bond acceptors (Lipinski definition) is 6. The zero-order valence-corrected chi connectivity index (χ0v) is 13.1. The van der Waals surface area contributed by atoms with Crippen LogP contribution in [0.15, 0.2) is 42.5 Å². The van der Waals surface area contributed by atoms with Crippen LogP contribution in [0.2, 0.25) is 0 Å². The number of amides is 2. The molecule has 0 saturated carbocycles. The van der Waals surface area contributed by atoms with Crippen LogP contribution in [0.1, 0.15) is 27.1 Å². The van der Waals surface area contributed by atoms with E-state index in [-0.39, 0.29) is 19.8 Å². The predicted octanol–water partition coefficient (Wildman–Crippen LogP) is 2.01. The highest BCUT2D eigenvalue weighted by atomic mass is 16.7. The maximum absolute atomic E-state index is 12.2. The minimum atomic E-state index is -0.546. The third kappa shape index (κ3) is 2.69. The van der Waals surface area contributed by atoms with Crippen molar-refractivity contribution in [1.29, 1.82) is 0 Å². The Morgan fingerprint density at radius 3 is 2.40 bits per heavy atom. The van der Waals surface area contributed by atoms with E-state index in [2.05, 4.69) is 0 Å². The molecule has 0 unspecified atom stereocenters. The lowest BCUT2D eigenvalue weighted by atomic mass is 10.1. The summed E-state index contributed by atoms with van der Waals surface area (Å²) in [4.78, 5) is 37.5. The Kier molecular flexibility index (Phi) is 3.61. The van der Waals surface area contributed by atoms with Crippen LogP contribution in [-0.4, -0.2) is 36.0 Å². The number of nitrogens with zero attached hydrogens (tertiary/aromatic N) is 1. The van der Waals surface area contributed by atoms with E-state index in [1.165, 1.54) is 0 Å². The third-order valence-electron chi connectivity index (χ3n) is 3.99. The molecular formula is C18H13NO6. The maximum Gasteiger partial charge on any atom is 0.313 e. The molecule has 0 radical (unpaired) electrons. The lowest BCUT2D eigenvalue weighted by Gasteiger charge is -2.13. The number of hydrogen-bond donors (Lipinski definition) is 0. The topological polar surface area (TPSA) is 82.1 Å². The Morgan fingerprint density at radius 1 is 1.00 bits per heavy atom. The second kappa shape index (κ2) is 5.94. The molecule has 2 aliphatic heterocycles. The summed E-state index contributed by atoms with van der Waals surface area (Å²) in [7, 11) is 0. The summed E-state index contributed by atoms with van der Waals surface area (Å²) in [6, 6.07) is 11.4. The summed E-state index contributed by atoms with van der Waals surface area (Å²) < 4.78 is 15.6. The molecule has 0 aromatic heterocycles. The van der Waals surface area contributed by atoms with Crippen molar-refractivity contribution < 1.29 is 28.6 Å². The van der Waals surface area contributed by atoms with Crippen LogP contribution in [0.5, 0.6) is 17.2 Å². The summed E-state index contributed by atoms with van der Waals surface area (Å²) >= 11 is 0. The van der Waals surface area contributed by atoms with Crippen molar-refractivity contribution in [2.24, 2.45) is 0 Å². The average Bonchev–Trinajstić information content (AvgIpc) is 3.17. The largest absolute Gasteiger partial charge is 0.454 e. The lowest BCUT2D eigenvalue weighted by Crippen LogP contribution is -2.32. The normalized spacial score (nSPS) is 14.6. The first kappa shape index (κ1) is 15.2. The molecule has 25 heavy (non-hydrogen) atoms. The Bertz CT molecular complexity index is 856. The number of rotatable bonds is 4. The smallest absolute Gasteiger partial charge is 0.313 e. The zero-order valence-electron chi connectivity index (χ0n) is 13.1. The molecule has 0 fully saturated rings. The van der Waals surface area contributed by atoms with Gasteiger partial charge in [-0.1, -0.05) is 12.1 Å². The molecule has 0 spiro atoms. The minimum Gasteiger partial charge on any atom is -0.454 e. The molecule has 2 aromatic carbocycles. The SMILES string of the molecule is O=C(CCN1C(=O)c2ccccc2C1=O)Oc1ccc2c(c1)OCO2.